The van der Waals surface area contributed by atoms with Gasteiger partial charge in [0.1, 0.15) is 5.78 Å². The molecule has 1 saturated carbocycles. The van der Waals surface area contributed by atoms with Crippen molar-refractivity contribution in [2.45, 2.75) is 65.3 Å². The maximum absolute atomic E-state index is 12.1. The molecular formula is C20H33N3O. The van der Waals surface area contributed by atoms with Crippen molar-refractivity contribution in [2.24, 2.45) is 17.8 Å². The Balaban J connectivity index is 1.40. The highest BCUT2D eigenvalue weighted by atomic mass is 16.1. The number of nitrogens with zero attached hydrogens (tertiary/aromatic N) is 3. The van der Waals surface area contributed by atoms with Gasteiger partial charge in [0, 0.05) is 37.7 Å². The van der Waals surface area contributed by atoms with Crippen LogP contribution in [0, 0.1) is 24.7 Å². The van der Waals surface area contributed by atoms with Crippen molar-refractivity contribution in [3.05, 3.63) is 18.0 Å². The molecule has 0 atom stereocenters. The molecule has 1 aliphatic heterocycles. The predicted molar refractivity (Wildman–Crippen MR) is 97.0 cm³/mol. The van der Waals surface area contributed by atoms with Crippen LogP contribution < -0.4 is 0 Å². The first kappa shape index (κ1) is 17.7. The van der Waals surface area contributed by atoms with Crippen molar-refractivity contribution in [3.8, 4) is 0 Å². The average molecular weight is 332 g/mol. The van der Waals surface area contributed by atoms with Gasteiger partial charge in [0.05, 0.1) is 12.2 Å². The molecule has 0 bridgehead atoms. The number of carbonyl (C=O) groups is 1. The van der Waals surface area contributed by atoms with E-state index in [9.17, 15) is 4.79 Å². The van der Waals surface area contributed by atoms with E-state index in [1.807, 2.05) is 20.0 Å². The summed E-state index contributed by atoms with van der Waals surface area (Å²) in [5, 5.41) is 4.49. The first-order valence-electron chi connectivity index (χ1n) is 9.79. The number of aromatic nitrogens is 2. The summed E-state index contributed by atoms with van der Waals surface area (Å²) in [6.45, 7) is 9.80. The van der Waals surface area contributed by atoms with Crippen molar-refractivity contribution in [2.75, 3.05) is 19.6 Å². The van der Waals surface area contributed by atoms with Crippen LogP contribution in [0.1, 0.15) is 64.0 Å². The largest absolute Gasteiger partial charge is 0.303 e. The summed E-state index contributed by atoms with van der Waals surface area (Å²) in [5.41, 5.74) is 1.25. The van der Waals surface area contributed by atoms with Crippen LogP contribution in [0.3, 0.4) is 0 Å². The Morgan fingerprint density at radius 3 is 2.38 bits per heavy atom. The molecule has 1 saturated heterocycles. The molecule has 24 heavy (non-hydrogen) atoms. The normalized spacial score (nSPS) is 26.8. The van der Waals surface area contributed by atoms with Gasteiger partial charge in [-0.25, -0.2) is 0 Å². The molecule has 0 aromatic carbocycles. The number of aryl methyl sites for hydroxylation is 1. The van der Waals surface area contributed by atoms with E-state index >= 15 is 0 Å². The molecule has 1 aliphatic carbocycles. The number of ketones is 1. The second-order valence-corrected chi connectivity index (χ2v) is 8.30. The van der Waals surface area contributed by atoms with E-state index in [0.717, 1.165) is 18.8 Å². The van der Waals surface area contributed by atoms with Gasteiger partial charge in [-0.1, -0.05) is 13.8 Å². The van der Waals surface area contributed by atoms with Crippen LogP contribution in [0.5, 0.6) is 0 Å². The van der Waals surface area contributed by atoms with Crippen LogP contribution in [0.25, 0.3) is 0 Å². The minimum atomic E-state index is 0.205. The fraction of sp³-hybridized carbons (Fsp3) is 0.800. The van der Waals surface area contributed by atoms with Gasteiger partial charge in [-0.2, -0.15) is 5.10 Å². The third kappa shape index (κ3) is 4.27. The molecular weight excluding hydrogens is 298 g/mol. The Kier molecular flexibility index (Phi) is 5.75. The summed E-state index contributed by atoms with van der Waals surface area (Å²) < 4.78 is 2.16. The standard InChI is InChI=1S/C20H33N3O/c1-15(2)20(24)18-6-4-17(5-7-18)14-22-10-8-19(9-11-22)23-13-16(3)12-21-23/h12-13,15,17-19H,4-11,14H2,1-3H3/t17-,18+. The SMILES string of the molecule is Cc1cnn(C2CCN(C[C@H]3CC[C@@H](C(=O)C(C)C)CC3)CC2)c1. The van der Waals surface area contributed by atoms with Gasteiger partial charge in [0.15, 0.2) is 0 Å². The lowest BCUT2D eigenvalue weighted by Gasteiger charge is -2.36. The molecule has 2 aliphatic rings. The van der Waals surface area contributed by atoms with Gasteiger partial charge in [-0.05, 0) is 56.9 Å². The summed E-state index contributed by atoms with van der Waals surface area (Å²) in [7, 11) is 0. The zero-order valence-electron chi connectivity index (χ0n) is 15.6. The number of rotatable bonds is 5. The molecule has 0 N–H and O–H groups in total. The van der Waals surface area contributed by atoms with Crippen molar-refractivity contribution in [1.82, 2.24) is 14.7 Å². The minimum absolute atomic E-state index is 0.205. The molecule has 1 aromatic heterocycles. The highest BCUT2D eigenvalue weighted by Gasteiger charge is 2.29. The molecule has 4 nitrogen and oxygen atoms in total. The first-order chi connectivity index (χ1) is 11.5. The summed E-state index contributed by atoms with van der Waals surface area (Å²) >= 11 is 0. The van der Waals surface area contributed by atoms with Crippen molar-refractivity contribution in [3.63, 3.8) is 0 Å². The number of carbonyl (C=O) groups excluding carboxylic acids is 1. The maximum Gasteiger partial charge on any atom is 0.138 e. The lowest BCUT2D eigenvalue weighted by Crippen LogP contribution is -2.39. The second kappa shape index (κ2) is 7.81. The number of hydrogen-bond donors (Lipinski definition) is 0. The zero-order valence-corrected chi connectivity index (χ0v) is 15.6. The van der Waals surface area contributed by atoms with E-state index in [1.54, 1.807) is 0 Å². The van der Waals surface area contributed by atoms with Crippen LogP contribution in [-0.4, -0.2) is 40.1 Å². The average Bonchev–Trinajstić information content (AvgIpc) is 3.02. The summed E-state index contributed by atoms with van der Waals surface area (Å²) in [4.78, 5) is 14.8. The fourth-order valence-electron chi connectivity index (χ4n) is 4.47. The molecule has 0 amide bonds. The number of likely N-dealkylation sites (tertiary alicyclic amines) is 1. The van der Waals surface area contributed by atoms with E-state index < -0.39 is 0 Å². The second-order valence-electron chi connectivity index (χ2n) is 8.30. The highest BCUT2D eigenvalue weighted by Crippen LogP contribution is 2.32. The maximum atomic E-state index is 12.1. The molecule has 134 valence electrons. The topological polar surface area (TPSA) is 38.1 Å². The number of hydrogen-bond acceptors (Lipinski definition) is 3. The summed E-state index contributed by atoms with van der Waals surface area (Å²) in [5.74, 6) is 1.83. The van der Waals surface area contributed by atoms with Gasteiger partial charge in [-0.3, -0.25) is 9.48 Å². The van der Waals surface area contributed by atoms with Gasteiger partial charge < -0.3 is 4.90 Å². The third-order valence-electron chi connectivity index (χ3n) is 6.00. The Morgan fingerprint density at radius 1 is 1.17 bits per heavy atom. The Hall–Kier alpha value is -1.16. The van der Waals surface area contributed by atoms with E-state index in [0.29, 0.717) is 17.7 Å². The number of Topliss-reactive ketones (excluding diaryl/α,β-unsaturated/α-hetero) is 1. The lowest BCUT2D eigenvalue weighted by molar-refractivity contribution is -0.127. The van der Waals surface area contributed by atoms with Gasteiger partial charge in [0.2, 0.25) is 0 Å². The van der Waals surface area contributed by atoms with Crippen LogP contribution in [0.4, 0.5) is 0 Å². The quantitative estimate of drug-likeness (QED) is 0.822. The van der Waals surface area contributed by atoms with Crippen LogP contribution in [-0.2, 0) is 4.79 Å². The van der Waals surface area contributed by atoms with Gasteiger partial charge >= 0.3 is 0 Å². The molecule has 0 unspecified atom stereocenters. The molecule has 2 heterocycles. The van der Waals surface area contributed by atoms with Gasteiger partial charge in [-0.15, -0.1) is 0 Å². The summed E-state index contributed by atoms with van der Waals surface area (Å²) in [6, 6.07) is 0.578. The van der Waals surface area contributed by atoms with Crippen LogP contribution in [0.2, 0.25) is 0 Å². The lowest BCUT2D eigenvalue weighted by atomic mass is 9.77. The zero-order chi connectivity index (χ0) is 17.1. The van der Waals surface area contributed by atoms with Gasteiger partial charge in [0.25, 0.3) is 0 Å². The molecule has 0 radical (unpaired) electrons. The Morgan fingerprint density at radius 2 is 1.83 bits per heavy atom. The van der Waals surface area contributed by atoms with Crippen LogP contribution in [0.15, 0.2) is 12.4 Å². The predicted octanol–water partition coefficient (Wildman–Crippen LogP) is 3.86. The van der Waals surface area contributed by atoms with Crippen molar-refractivity contribution < 1.29 is 4.79 Å². The van der Waals surface area contributed by atoms with Crippen LogP contribution >= 0.6 is 0 Å². The van der Waals surface area contributed by atoms with E-state index in [-0.39, 0.29) is 5.92 Å². The number of piperidine rings is 1. The van der Waals surface area contributed by atoms with Crippen molar-refractivity contribution in [1.29, 1.82) is 0 Å². The third-order valence-corrected chi connectivity index (χ3v) is 6.00. The Labute approximate surface area is 146 Å². The highest BCUT2D eigenvalue weighted by molar-refractivity contribution is 5.82. The molecule has 1 aromatic rings. The van der Waals surface area contributed by atoms with Crippen molar-refractivity contribution >= 4 is 5.78 Å². The first-order valence-corrected chi connectivity index (χ1v) is 9.79. The van der Waals surface area contributed by atoms with E-state index in [4.69, 9.17) is 0 Å². The molecule has 2 fully saturated rings. The minimum Gasteiger partial charge on any atom is -0.303 e. The molecule has 3 rings (SSSR count). The molecule has 0 spiro atoms. The van der Waals surface area contributed by atoms with E-state index in [1.165, 1.54) is 50.9 Å². The Bertz CT molecular complexity index is 535. The summed E-state index contributed by atoms with van der Waals surface area (Å²) in [6.07, 6.45) is 11.3. The molecule has 4 heteroatoms. The monoisotopic (exact) mass is 331 g/mol. The fourth-order valence-corrected chi connectivity index (χ4v) is 4.47. The van der Waals surface area contributed by atoms with E-state index in [2.05, 4.69) is 27.8 Å². The smallest absolute Gasteiger partial charge is 0.138 e.